The zero-order valence-corrected chi connectivity index (χ0v) is 19.5. The third-order valence-corrected chi connectivity index (χ3v) is 6.15. The Labute approximate surface area is 187 Å². The number of carbonyl (C=O) groups is 2. The monoisotopic (exact) mass is 445 g/mol. The van der Waals surface area contributed by atoms with E-state index >= 15 is 0 Å². The van der Waals surface area contributed by atoms with Crippen molar-refractivity contribution in [2.24, 2.45) is 0 Å². The molecule has 1 aromatic carbocycles. The molecule has 1 aliphatic rings. The Kier molecular flexibility index (Phi) is 7.96. The molecule has 1 amide bonds. The van der Waals surface area contributed by atoms with Gasteiger partial charge in [-0.2, -0.15) is 0 Å². The van der Waals surface area contributed by atoms with Gasteiger partial charge in [-0.15, -0.1) is 11.3 Å². The number of carbonyl (C=O) groups excluding carboxylic acids is 2. The van der Waals surface area contributed by atoms with Crippen LogP contribution in [-0.2, 0) is 28.8 Å². The van der Waals surface area contributed by atoms with E-state index in [2.05, 4.69) is 5.32 Å². The van der Waals surface area contributed by atoms with Gasteiger partial charge < -0.3 is 19.5 Å². The van der Waals surface area contributed by atoms with E-state index in [1.54, 1.807) is 0 Å². The number of anilines is 1. The van der Waals surface area contributed by atoms with E-state index in [0.29, 0.717) is 35.3 Å². The van der Waals surface area contributed by atoms with Crippen LogP contribution in [0.5, 0.6) is 11.5 Å². The normalized spacial score (nSPS) is 12.9. The van der Waals surface area contributed by atoms with Crippen LogP contribution >= 0.6 is 11.3 Å². The largest absolute Gasteiger partial charge is 0.490 e. The third-order valence-electron chi connectivity index (χ3n) is 4.94. The number of benzene rings is 1. The molecule has 6 nitrogen and oxygen atoms in total. The van der Waals surface area contributed by atoms with Crippen molar-refractivity contribution >= 4 is 28.2 Å². The number of thiophene rings is 1. The van der Waals surface area contributed by atoms with E-state index in [9.17, 15) is 9.59 Å². The fourth-order valence-electron chi connectivity index (χ4n) is 3.70. The number of nitrogens with one attached hydrogen (secondary N) is 1. The lowest BCUT2D eigenvalue weighted by Gasteiger charge is -2.14. The van der Waals surface area contributed by atoms with Crippen LogP contribution in [0.1, 0.15) is 66.9 Å². The summed E-state index contributed by atoms with van der Waals surface area (Å²) in [5.74, 6) is 0.758. The second kappa shape index (κ2) is 10.7. The van der Waals surface area contributed by atoms with Crippen LogP contribution in [0.2, 0.25) is 0 Å². The summed E-state index contributed by atoms with van der Waals surface area (Å²) in [5, 5.41) is 3.56. The molecule has 168 valence electrons. The maximum absolute atomic E-state index is 12.8. The predicted octanol–water partition coefficient (Wildman–Crippen LogP) is 5.17. The number of aryl methyl sites for hydroxylation is 1. The molecule has 0 unspecified atom stereocenters. The molecular weight excluding hydrogens is 414 g/mol. The smallest absolute Gasteiger partial charge is 0.341 e. The second-order valence-corrected chi connectivity index (χ2v) is 8.85. The van der Waals surface area contributed by atoms with E-state index in [0.717, 1.165) is 36.8 Å². The molecule has 0 radical (unpaired) electrons. The number of amides is 1. The molecule has 0 fully saturated rings. The summed E-state index contributed by atoms with van der Waals surface area (Å²) in [4.78, 5) is 26.8. The Morgan fingerprint density at radius 3 is 2.48 bits per heavy atom. The van der Waals surface area contributed by atoms with Crippen LogP contribution in [0.3, 0.4) is 0 Å². The lowest BCUT2D eigenvalue weighted by molar-refractivity contribution is -0.115. The van der Waals surface area contributed by atoms with E-state index in [1.165, 1.54) is 16.2 Å². The standard InChI is InChI=1S/C24H31NO5S/c1-5-28-18-12-11-16(13-19(18)29-6-2)14-21(26)25-23-22(24(27)30-15(3)4)17-9-7-8-10-20(17)31-23/h11-13,15H,5-10,14H2,1-4H3,(H,25,26). The molecule has 2 aromatic rings. The molecule has 0 aliphatic heterocycles. The summed E-state index contributed by atoms with van der Waals surface area (Å²) < 4.78 is 16.7. The van der Waals surface area contributed by atoms with E-state index in [1.807, 2.05) is 45.9 Å². The lowest BCUT2D eigenvalue weighted by atomic mass is 9.95. The Bertz CT molecular complexity index is 934. The van der Waals surface area contributed by atoms with Crippen LogP contribution in [0, 0.1) is 0 Å². The van der Waals surface area contributed by atoms with Crippen LogP contribution in [0.25, 0.3) is 0 Å². The number of hydrogen-bond acceptors (Lipinski definition) is 6. The van der Waals surface area contributed by atoms with Gasteiger partial charge in [0.1, 0.15) is 5.00 Å². The fourth-order valence-corrected chi connectivity index (χ4v) is 5.00. The molecule has 1 heterocycles. The lowest BCUT2D eigenvalue weighted by Crippen LogP contribution is -2.19. The zero-order valence-electron chi connectivity index (χ0n) is 18.7. The molecule has 1 aromatic heterocycles. The van der Waals surface area contributed by atoms with Gasteiger partial charge in [-0.05, 0) is 76.6 Å². The SMILES string of the molecule is CCOc1ccc(CC(=O)Nc2sc3c(c2C(=O)OC(C)C)CCCC3)cc1OCC. The molecular formula is C24H31NO5S. The summed E-state index contributed by atoms with van der Waals surface area (Å²) >= 11 is 1.50. The highest BCUT2D eigenvalue weighted by atomic mass is 32.1. The molecule has 0 spiro atoms. The quantitative estimate of drug-likeness (QED) is 0.539. The van der Waals surface area contributed by atoms with Gasteiger partial charge in [0.2, 0.25) is 5.91 Å². The van der Waals surface area contributed by atoms with Crippen molar-refractivity contribution < 1.29 is 23.8 Å². The van der Waals surface area contributed by atoms with Crippen molar-refractivity contribution in [3.63, 3.8) is 0 Å². The van der Waals surface area contributed by atoms with Crippen molar-refractivity contribution in [2.75, 3.05) is 18.5 Å². The molecule has 31 heavy (non-hydrogen) atoms. The third kappa shape index (κ3) is 5.79. The maximum atomic E-state index is 12.8. The van der Waals surface area contributed by atoms with Crippen molar-refractivity contribution in [1.29, 1.82) is 0 Å². The average molecular weight is 446 g/mol. The number of rotatable bonds is 9. The first-order valence-corrected chi connectivity index (χ1v) is 11.8. The Morgan fingerprint density at radius 1 is 1.06 bits per heavy atom. The Hall–Kier alpha value is -2.54. The van der Waals surface area contributed by atoms with Crippen molar-refractivity contribution in [3.05, 3.63) is 39.8 Å². The molecule has 0 bridgehead atoms. The van der Waals surface area contributed by atoms with Gasteiger partial charge in [0, 0.05) is 4.88 Å². The first-order chi connectivity index (χ1) is 14.9. The summed E-state index contributed by atoms with van der Waals surface area (Å²) in [7, 11) is 0. The fraction of sp³-hybridized carbons (Fsp3) is 0.500. The summed E-state index contributed by atoms with van der Waals surface area (Å²) in [6, 6.07) is 5.52. The molecule has 3 rings (SSSR count). The highest BCUT2D eigenvalue weighted by molar-refractivity contribution is 7.17. The maximum Gasteiger partial charge on any atom is 0.341 e. The number of esters is 1. The van der Waals surface area contributed by atoms with Gasteiger partial charge in [0.25, 0.3) is 0 Å². The first kappa shape index (κ1) is 23.1. The van der Waals surface area contributed by atoms with E-state index < -0.39 is 0 Å². The minimum atomic E-state index is -0.357. The van der Waals surface area contributed by atoms with Crippen molar-refractivity contribution in [3.8, 4) is 11.5 Å². The van der Waals surface area contributed by atoms with Crippen LogP contribution in [-0.4, -0.2) is 31.2 Å². The number of ether oxygens (including phenoxy) is 3. The van der Waals surface area contributed by atoms with Gasteiger partial charge >= 0.3 is 5.97 Å². The van der Waals surface area contributed by atoms with E-state index in [4.69, 9.17) is 14.2 Å². The van der Waals surface area contributed by atoms with Gasteiger partial charge in [-0.25, -0.2) is 4.79 Å². The molecule has 7 heteroatoms. The van der Waals surface area contributed by atoms with Gasteiger partial charge in [0.15, 0.2) is 11.5 Å². The molecule has 0 atom stereocenters. The van der Waals surface area contributed by atoms with Crippen molar-refractivity contribution in [2.45, 2.75) is 65.9 Å². The van der Waals surface area contributed by atoms with Crippen LogP contribution in [0.4, 0.5) is 5.00 Å². The van der Waals surface area contributed by atoms with Crippen molar-refractivity contribution in [1.82, 2.24) is 0 Å². The number of fused-ring (bicyclic) bond motifs is 1. The second-order valence-electron chi connectivity index (χ2n) is 7.74. The zero-order chi connectivity index (χ0) is 22.4. The summed E-state index contributed by atoms with van der Waals surface area (Å²) in [6.07, 6.45) is 3.90. The Morgan fingerprint density at radius 2 is 1.77 bits per heavy atom. The van der Waals surface area contributed by atoms with Gasteiger partial charge in [-0.3, -0.25) is 4.79 Å². The van der Waals surface area contributed by atoms with E-state index in [-0.39, 0.29) is 24.4 Å². The summed E-state index contributed by atoms with van der Waals surface area (Å²) in [5.41, 5.74) is 2.39. The minimum absolute atomic E-state index is 0.174. The highest BCUT2D eigenvalue weighted by Crippen LogP contribution is 2.39. The van der Waals surface area contributed by atoms with Crippen LogP contribution < -0.4 is 14.8 Å². The first-order valence-electron chi connectivity index (χ1n) is 11.0. The average Bonchev–Trinajstić information content (AvgIpc) is 3.07. The van der Waals surface area contributed by atoms with Gasteiger partial charge in [-0.1, -0.05) is 6.07 Å². The van der Waals surface area contributed by atoms with Crippen LogP contribution in [0.15, 0.2) is 18.2 Å². The topological polar surface area (TPSA) is 73.9 Å². The molecule has 0 saturated heterocycles. The highest BCUT2D eigenvalue weighted by Gasteiger charge is 2.28. The van der Waals surface area contributed by atoms with Gasteiger partial charge in [0.05, 0.1) is 31.3 Å². The number of hydrogen-bond donors (Lipinski definition) is 1. The predicted molar refractivity (Wildman–Crippen MR) is 123 cm³/mol. The molecule has 0 saturated carbocycles. The Balaban J connectivity index is 1.79. The summed E-state index contributed by atoms with van der Waals surface area (Å²) in [6.45, 7) is 8.54. The molecule has 1 N–H and O–H groups in total. The minimum Gasteiger partial charge on any atom is -0.490 e. The molecule has 1 aliphatic carbocycles.